The number of hydrogen-bond acceptors (Lipinski definition) is 3. The standard InChI is InChI=1S/C14H19N3O/c1-11-4-5-13(18)12(8-11)9-16(2)10-14-15-6-7-17(14)3/h4-8,18H,9-10H2,1-3H3. The monoisotopic (exact) mass is 245 g/mol. The smallest absolute Gasteiger partial charge is 0.122 e. The largest absolute Gasteiger partial charge is 0.508 e. The van der Waals surface area contributed by atoms with E-state index in [4.69, 9.17) is 0 Å². The van der Waals surface area contributed by atoms with Crippen LogP contribution in [0, 0.1) is 6.92 Å². The zero-order valence-electron chi connectivity index (χ0n) is 11.1. The zero-order valence-corrected chi connectivity index (χ0v) is 11.1. The predicted octanol–water partition coefficient (Wildman–Crippen LogP) is 2.07. The SMILES string of the molecule is Cc1ccc(O)c(CN(C)Cc2nccn2C)c1. The highest BCUT2D eigenvalue weighted by atomic mass is 16.3. The molecule has 18 heavy (non-hydrogen) atoms. The highest BCUT2D eigenvalue weighted by Crippen LogP contribution is 2.20. The van der Waals surface area contributed by atoms with Crippen molar-refractivity contribution in [2.45, 2.75) is 20.0 Å². The van der Waals surface area contributed by atoms with Gasteiger partial charge in [0.05, 0.1) is 6.54 Å². The molecule has 0 bridgehead atoms. The summed E-state index contributed by atoms with van der Waals surface area (Å²) in [6, 6.07) is 5.68. The second-order valence-electron chi connectivity index (χ2n) is 4.76. The van der Waals surface area contributed by atoms with E-state index < -0.39 is 0 Å². The van der Waals surface area contributed by atoms with Crippen LogP contribution in [-0.2, 0) is 20.1 Å². The first-order chi connectivity index (χ1) is 8.56. The summed E-state index contributed by atoms with van der Waals surface area (Å²) in [5.74, 6) is 1.37. The normalized spacial score (nSPS) is 11.1. The summed E-state index contributed by atoms with van der Waals surface area (Å²) in [6.45, 7) is 3.50. The lowest BCUT2D eigenvalue weighted by atomic mass is 10.1. The van der Waals surface area contributed by atoms with Crippen LogP contribution >= 0.6 is 0 Å². The number of hydrogen-bond donors (Lipinski definition) is 1. The van der Waals surface area contributed by atoms with Crippen LogP contribution in [0.5, 0.6) is 5.75 Å². The van der Waals surface area contributed by atoms with Crippen molar-refractivity contribution in [1.82, 2.24) is 14.5 Å². The van der Waals surface area contributed by atoms with Gasteiger partial charge in [0.15, 0.2) is 0 Å². The van der Waals surface area contributed by atoms with Crippen LogP contribution in [0.3, 0.4) is 0 Å². The molecule has 2 aromatic rings. The van der Waals surface area contributed by atoms with Gasteiger partial charge >= 0.3 is 0 Å². The van der Waals surface area contributed by atoms with Crippen molar-refractivity contribution in [3.8, 4) is 5.75 Å². The van der Waals surface area contributed by atoms with Crippen LogP contribution < -0.4 is 0 Å². The van der Waals surface area contributed by atoms with Crippen LogP contribution in [0.25, 0.3) is 0 Å². The Hall–Kier alpha value is -1.81. The molecule has 0 saturated carbocycles. The lowest BCUT2D eigenvalue weighted by Gasteiger charge is -2.17. The Kier molecular flexibility index (Phi) is 3.67. The van der Waals surface area contributed by atoms with E-state index in [0.29, 0.717) is 12.3 Å². The van der Waals surface area contributed by atoms with Gasteiger partial charge in [-0.3, -0.25) is 4.90 Å². The molecule has 1 aromatic carbocycles. The number of nitrogens with zero attached hydrogens (tertiary/aromatic N) is 3. The molecule has 0 aliphatic carbocycles. The van der Waals surface area contributed by atoms with Crippen molar-refractivity contribution in [1.29, 1.82) is 0 Å². The Labute approximate surface area is 108 Å². The van der Waals surface area contributed by atoms with E-state index in [1.54, 1.807) is 12.3 Å². The van der Waals surface area contributed by atoms with Crippen LogP contribution in [0.1, 0.15) is 17.0 Å². The first-order valence-corrected chi connectivity index (χ1v) is 5.99. The fourth-order valence-corrected chi connectivity index (χ4v) is 1.98. The topological polar surface area (TPSA) is 41.3 Å². The Morgan fingerprint density at radius 2 is 2.11 bits per heavy atom. The molecule has 1 heterocycles. The van der Waals surface area contributed by atoms with Gasteiger partial charge < -0.3 is 9.67 Å². The summed E-state index contributed by atoms with van der Waals surface area (Å²) in [4.78, 5) is 6.43. The van der Waals surface area contributed by atoms with Crippen molar-refractivity contribution in [2.75, 3.05) is 7.05 Å². The molecule has 96 valence electrons. The van der Waals surface area contributed by atoms with Gasteiger partial charge in [0.25, 0.3) is 0 Å². The third kappa shape index (κ3) is 2.90. The maximum atomic E-state index is 9.82. The third-order valence-electron chi connectivity index (χ3n) is 3.01. The number of rotatable bonds is 4. The first kappa shape index (κ1) is 12.6. The fourth-order valence-electron chi connectivity index (χ4n) is 1.98. The van der Waals surface area contributed by atoms with Gasteiger partial charge in [-0.25, -0.2) is 4.98 Å². The molecule has 4 nitrogen and oxygen atoms in total. The predicted molar refractivity (Wildman–Crippen MR) is 71.2 cm³/mol. The summed E-state index contributed by atoms with van der Waals surface area (Å²) >= 11 is 0. The summed E-state index contributed by atoms with van der Waals surface area (Å²) in [7, 11) is 4.01. The van der Waals surface area contributed by atoms with Crippen molar-refractivity contribution in [3.05, 3.63) is 47.5 Å². The summed E-state index contributed by atoms with van der Waals surface area (Å²) in [6.07, 6.45) is 3.74. The summed E-state index contributed by atoms with van der Waals surface area (Å²) in [5.41, 5.74) is 2.11. The molecule has 0 atom stereocenters. The minimum atomic E-state index is 0.354. The van der Waals surface area contributed by atoms with E-state index in [2.05, 4.69) is 9.88 Å². The van der Waals surface area contributed by atoms with E-state index in [1.807, 2.05) is 43.9 Å². The molecule has 0 saturated heterocycles. The van der Waals surface area contributed by atoms with Gasteiger partial charge in [-0.1, -0.05) is 17.7 Å². The molecule has 0 aliphatic rings. The molecule has 0 unspecified atom stereocenters. The molecule has 0 aliphatic heterocycles. The fraction of sp³-hybridized carbons (Fsp3) is 0.357. The quantitative estimate of drug-likeness (QED) is 0.896. The first-order valence-electron chi connectivity index (χ1n) is 5.99. The molecule has 1 N–H and O–H groups in total. The van der Waals surface area contributed by atoms with Gasteiger partial charge in [-0.05, 0) is 20.0 Å². The lowest BCUT2D eigenvalue weighted by Crippen LogP contribution is -2.19. The molecule has 0 fully saturated rings. The molecular weight excluding hydrogens is 226 g/mol. The number of aromatic nitrogens is 2. The molecule has 0 spiro atoms. The van der Waals surface area contributed by atoms with Gasteiger partial charge in [0, 0.05) is 31.5 Å². The highest BCUT2D eigenvalue weighted by Gasteiger charge is 2.08. The number of imidazole rings is 1. The molecule has 0 amide bonds. The second-order valence-corrected chi connectivity index (χ2v) is 4.76. The maximum absolute atomic E-state index is 9.82. The van der Waals surface area contributed by atoms with Crippen molar-refractivity contribution in [3.63, 3.8) is 0 Å². The van der Waals surface area contributed by atoms with E-state index in [-0.39, 0.29) is 0 Å². The van der Waals surface area contributed by atoms with Crippen LogP contribution in [0.15, 0.2) is 30.6 Å². The molecule has 4 heteroatoms. The van der Waals surface area contributed by atoms with Crippen LogP contribution in [0.4, 0.5) is 0 Å². The number of phenolic OH excluding ortho intramolecular Hbond substituents is 1. The highest BCUT2D eigenvalue weighted by molar-refractivity contribution is 5.35. The molecule has 0 radical (unpaired) electrons. The average Bonchev–Trinajstić information content (AvgIpc) is 2.70. The van der Waals surface area contributed by atoms with E-state index in [9.17, 15) is 5.11 Å². The lowest BCUT2D eigenvalue weighted by molar-refractivity contribution is 0.301. The van der Waals surface area contributed by atoms with Crippen molar-refractivity contribution >= 4 is 0 Å². The van der Waals surface area contributed by atoms with E-state index in [0.717, 1.165) is 23.5 Å². The minimum absolute atomic E-state index is 0.354. The number of benzene rings is 1. The maximum Gasteiger partial charge on any atom is 0.122 e. The number of aromatic hydroxyl groups is 1. The molecular formula is C14H19N3O. The average molecular weight is 245 g/mol. The minimum Gasteiger partial charge on any atom is -0.508 e. The summed E-state index contributed by atoms with van der Waals surface area (Å²) < 4.78 is 2.01. The van der Waals surface area contributed by atoms with E-state index >= 15 is 0 Å². The van der Waals surface area contributed by atoms with Gasteiger partial charge in [0.2, 0.25) is 0 Å². The molecule has 2 rings (SSSR count). The van der Waals surface area contributed by atoms with Crippen LogP contribution in [-0.4, -0.2) is 26.6 Å². The number of phenols is 1. The summed E-state index contributed by atoms with van der Waals surface area (Å²) in [5, 5.41) is 9.82. The van der Waals surface area contributed by atoms with Crippen LogP contribution in [0.2, 0.25) is 0 Å². The number of aryl methyl sites for hydroxylation is 2. The third-order valence-corrected chi connectivity index (χ3v) is 3.01. The second kappa shape index (κ2) is 5.23. The van der Waals surface area contributed by atoms with Gasteiger partial charge in [-0.2, -0.15) is 0 Å². The Balaban J connectivity index is 2.05. The Morgan fingerprint density at radius 3 is 2.78 bits per heavy atom. The zero-order chi connectivity index (χ0) is 13.1. The Morgan fingerprint density at radius 1 is 1.33 bits per heavy atom. The van der Waals surface area contributed by atoms with Crippen molar-refractivity contribution in [2.24, 2.45) is 7.05 Å². The van der Waals surface area contributed by atoms with Crippen molar-refractivity contribution < 1.29 is 5.11 Å². The van der Waals surface area contributed by atoms with E-state index in [1.165, 1.54) is 0 Å². The van der Waals surface area contributed by atoms with Gasteiger partial charge in [-0.15, -0.1) is 0 Å². The van der Waals surface area contributed by atoms with Gasteiger partial charge in [0.1, 0.15) is 11.6 Å². The molecule has 1 aromatic heterocycles. The Bertz CT molecular complexity index is 534.